The molecule has 1 saturated heterocycles. The van der Waals surface area contributed by atoms with Gasteiger partial charge in [0.15, 0.2) is 22.9 Å². The lowest BCUT2D eigenvalue weighted by atomic mass is 10.0. The topological polar surface area (TPSA) is 47.9 Å². The molecule has 1 N–H and O–H groups in total. The predicted molar refractivity (Wildman–Crippen MR) is 105 cm³/mol. The minimum absolute atomic E-state index is 0.0705. The lowest BCUT2D eigenvalue weighted by Crippen LogP contribution is -2.45. The van der Waals surface area contributed by atoms with Gasteiger partial charge in [-0.15, -0.1) is 0 Å². The fourth-order valence-corrected chi connectivity index (χ4v) is 4.25. The van der Waals surface area contributed by atoms with E-state index >= 15 is 0 Å². The van der Waals surface area contributed by atoms with Crippen LogP contribution in [0.5, 0.6) is 0 Å². The van der Waals surface area contributed by atoms with Crippen molar-refractivity contribution in [2.24, 2.45) is 5.92 Å². The molecule has 3 atom stereocenters. The van der Waals surface area contributed by atoms with E-state index in [4.69, 9.17) is 13.6 Å². The maximum Gasteiger partial charge on any atom is 0.192 e. The van der Waals surface area contributed by atoms with Gasteiger partial charge in [0.25, 0.3) is 0 Å². The average molecular weight is 377 g/mol. The van der Waals surface area contributed by atoms with Crippen LogP contribution in [-0.2, 0) is 13.6 Å². The normalized spacial score (nSPS) is 26.9. The zero-order chi connectivity index (χ0) is 19.0. The molecule has 1 aliphatic rings. The van der Waals surface area contributed by atoms with E-state index in [1.54, 1.807) is 0 Å². The molecule has 6 heteroatoms. The van der Waals surface area contributed by atoms with Gasteiger partial charge in [0.2, 0.25) is 0 Å². The molecule has 0 saturated carbocycles. The summed E-state index contributed by atoms with van der Waals surface area (Å²) in [6, 6.07) is 0. The monoisotopic (exact) mass is 376 g/mol. The third-order valence-corrected chi connectivity index (χ3v) is 15.2. The van der Waals surface area contributed by atoms with E-state index in [2.05, 4.69) is 67.7 Å². The fraction of sp³-hybridized carbons (Fsp3) is 1.00. The van der Waals surface area contributed by atoms with Crippen LogP contribution in [0.3, 0.4) is 0 Å². The standard InChI is InChI=1S/C18H40O4Si2/c1-17(2,3)23(7,8)20-12-14-11-16(19)22-15(14)13-21-24(9,10)18(4,5)6/h14-16,19H,11-13H2,1-10H3/t14-,15-,16?/m1/s1. The summed E-state index contributed by atoms with van der Waals surface area (Å²) >= 11 is 0. The van der Waals surface area contributed by atoms with Crippen LogP contribution in [0.15, 0.2) is 0 Å². The molecule has 0 amide bonds. The molecule has 0 radical (unpaired) electrons. The first kappa shape index (κ1) is 22.3. The molecule has 0 aliphatic carbocycles. The third kappa shape index (κ3) is 5.64. The summed E-state index contributed by atoms with van der Waals surface area (Å²) in [5.74, 6) is 0.207. The van der Waals surface area contributed by atoms with Crippen molar-refractivity contribution in [3.8, 4) is 0 Å². The minimum Gasteiger partial charge on any atom is -0.416 e. The smallest absolute Gasteiger partial charge is 0.192 e. The Morgan fingerprint density at radius 3 is 1.71 bits per heavy atom. The third-order valence-electron chi connectivity index (χ3n) is 6.24. The molecule has 1 heterocycles. The Morgan fingerprint density at radius 2 is 1.29 bits per heavy atom. The van der Waals surface area contributed by atoms with Crippen molar-refractivity contribution in [3.05, 3.63) is 0 Å². The summed E-state index contributed by atoms with van der Waals surface area (Å²) < 4.78 is 18.4. The Balaban J connectivity index is 2.65. The van der Waals surface area contributed by atoms with Crippen molar-refractivity contribution in [2.45, 2.75) is 96.6 Å². The highest BCUT2D eigenvalue weighted by molar-refractivity contribution is 6.74. The SMILES string of the molecule is CC(C)(C)[Si](C)(C)OC[C@H]1CC(O)O[C@@H]1CO[Si](C)(C)C(C)(C)C. The fourth-order valence-electron chi connectivity index (χ4n) is 2.17. The zero-order valence-corrected chi connectivity index (χ0v) is 19.5. The molecule has 1 unspecified atom stereocenters. The van der Waals surface area contributed by atoms with Gasteiger partial charge >= 0.3 is 0 Å². The van der Waals surface area contributed by atoms with Crippen LogP contribution >= 0.6 is 0 Å². The van der Waals surface area contributed by atoms with Crippen LogP contribution in [0.25, 0.3) is 0 Å². The van der Waals surface area contributed by atoms with E-state index in [0.717, 1.165) is 0 Å². The summed E-state index contributed by atoms with van der Waals surface area (Å²) in [6.45, 7) is 23.7. The highest BCUT2D eigenvalue weighted by Crippen LogP contribution is 2.39. The second-order valence-electron chi connectivity index (χ2n) is 10.3. The van der Waals surface area contributed by atoms with Gasteiger partial charge in [-0.2, -0.15) is 0 Å². The first-order valence-electron chi connectivity index (χ1n) is 9.18. The van der Waals surface area contributed by atoms with Crippen LogP contribution in [-0.4, -0.2) is 47.3 Å². The van der Waals surface area contributed by atoms with E-state index in [1.807, 2.05) is 0 Å². The van der Waals surface area contributed by atoms with Gasteiger partial charge in [-0.1, -0.05) is 41.5 Å². The predicted octanol–water partition coefficient (Wildman–Crippen LogP) is 4.75. The van der Waals surface area contributed by atoms with Gasteiger partial charge in [-0.05, 0) is 36.3 Å². The van der Waals surface area contributed by atoms with Crippen molar-refractivity contribution < 1.29 is 18.7 Å². The van der Waals surface area contributed by atoms with E-state index < -0.39 is 22.9 Å². The largest absolute Gasteiger partial charge is 0.416 e. The Bertz CT molecular complexity index is 372. The molecule has 0 aromatic heterocycles. The van der Waals surface area contributed by atoms with E-state index in [9.17, 15) is 5.11 Å². The molecule has 0 aromatic rings. The van der Waals surface area contributed by atoms with Crippen LogP contribution in [0, 0.1) is 5.92 Å². The molecule has 144 valence electrons. The molecule has 24 heavy (non-hydrogen) atoms. The van der Waals surface area contributed by atoms with Gasteiger partial charge in [0.1, 0.15) is 0 Å². The number of hydrogen-bond acceptors (Lipinski definition) is 4. The Hall–Kier alpha value is 0.274. The summed E-state index contributed by atoms with van der Waals surface area (Å²) in [5.41, 5.74) is 0. The van der Waals surface area contributed by atoms with Gasteiger partial charge in [0, 0.05) is 18.9 Å². The molecule has 0 spiro atoms. The summed E-state index contributed by atoms with van der Waals surface area (Å²) in [5, 5.41) is 10.3. The number of aliphatic hydroxyl groups is 1. The van der Waals surface area contributed by atoms with Crippen LogP contribution in [0.2, 0.25) is 36.3 Å². The first-order chi connectivity index (χ1) is 10.6. The van der Waals surface area contributed by atoms with Crippen molar-refractivity contribution in [2.75, 3.05) is 13.2 Å². The van der Waals surface area contributed by atoms with Crippen molar-refractivity contribution in [3.63, 3.8) is 0 Å². The van der Waals surface area contributed by atoms with Gasteiger partial charge in [-0.3, -0.25) is 0 Å². The summed E-state index contributed by atoms with van der Waals surface area (Å²) in [7, 11) is -3.59. The van der Waals surface area contributed by atoms with Crippen molar-refractivity contribution >= 4 is 16.6 Å². The van der Waals surface area contributed by atoms with Crippen LogP contribution in [0.4, 0.5) is 0 Å². The van der Waals surface area contributed by atoms with E-state index in [1.165, 1.54) is 0 Å². The summed E-state index contributed by atoms with van der Waals surface area (Å²) in [6.07, 6.45) is -0.120. The number of hydrogen-bond donors (Lipinski definition) is 1. The maximum atomic E-state index is 9.94. The lowest BCUT2D eigenvalue weighted by molar-refractivity contribution is -0.103. The second kappa shape index (κ2) is 7.49. The molecule has 0 aromatic carbocycles. The van der Waals surface area contributed by atoms with Crippen LogP contribution in [0.1, 0.15) is 48.0 Å². The quantitative estimate of drug-likeness (QED) is 0.679. The maximum absolute atomic E-state index is 9.94. The molecule has 1 rings (SSSR count). The van der Waals surface area contributed by atoms with Gasteiger partial charge in [0.05, 0.1) is 12.7 Å². The minimum atomic E-state index is -1.81. The molecular weight excluding hydrogens is 336 g/mol. The van der Waals surface area contributed by atoms with Gasteiger partial charge in [-0.25, -0.2) is 0 Å². The van der Waals surface area contributed by atoms with Crippen molar-refractivity contribution in [1.29, 1.82) is 0 Å². The zero-order valence-electron chi connectivity index (χ0n) is 17.5. The number of aliphatic hydroxyl groups excluding tert-OH is 1. The number of ether oxygens (including phenoxy) is 1. The Labute approximate surface area is 151 Å². The molecule has 1 fully saturated rings. The Morgan fingerprint density at radius 1 is 0.875 bits per heavy atom. The lowest BCUT2D eigenvalue weighted by Gasteiger charge is -2.38. The highest BCUT2D eigenvalue weighted by Gasteiger charge is 2.43. The first-order valence-corrected chi connectivity index (χ1v) is 15.0. The average Bonchev–Trinajstić information content (AvgIpc) is 2.72. The molecule has 0 bridgehead atoms. The van der Waals surface area contributed by atoms with Crippen LogP contribution < -0.4 is 0 Å². The second-order valence-corrected chi connectivity index (χ2v) is 19.9. The molecule has 4 nitrogen and oxygen atoms in total. The van der Waals surface area contributed by atoms with Crippen molar-refractivity contribution in [1.82, 2.24) is 0 Å². The molecular formula is C18H40O4Si2. The molecule has 1 aliphatic heterocycles. The summed E-state index contributed by atoms with van der Waals surface area (Å²) in [4.78, 5) is 0. The Kier molecular flexibility index (Phi) is 6.96. The number of rotatable bonds is 6. The van der Waals surface area contributed by atoms with Gasteiger partial charge < -0.3 is 18.7 Å². The van der Waals surface area contributed by atoms with E-state index in [0.29, 0.717) is 19.6 Å². The van der Waals surface area contributed by atoms with E-state index in [-0.39, 0.29) is 22.1 Å². The highest BCUT2D eigenvalue weighted by atomic mass is 28.4.